The first-order valence-corrected chi connectivity index (χ1v) is 8.22. The molecule has 3 atom stereocenters. The predicted molar refractivity (Wildman–Crippen MR) is 85.2 cm³/mol. The van der Waals surface area contributed by atoms with Crippen LogP contribution in [0.5, 0.6) is 0 Å². The lowest BCUT2D eigenvalue weighted by atomic mass is 9.67. The Morgan fingerprint density at radius 1 is 1.21 bits per heavy atom. The molecule has 1 aliphatic carbocycles. The van der Waals surface area contributed by atoms with Crippen LogP contribution in [0.25, 0.3) is 0 Å². The van der Waals surface area contributed by atoms with Crippen LogP contribution in [0, 0.1) is 23.2 Å². The molecule has 0 saturated heterocycles. The molecular weight excluding hydrogens is 232 g/mol. The SMILES string of the molecule is CCN(CC(C)C)CC1CC(C(C)(C)C)CCC1N. The minimum atomic E-state index is 0.416. The third kappa shape index (κ3) is 5.43. The Balaban J connectivity index is 2.58. The fourth-order valence-corrected chi connectivity index (χ4v) is 3.46. The summed E-state index contributed by atoms with van der Waals surface area (Å²) in [6.45, 7) is 17.6. The van der Waals surface area contributed by atoms with Gasteiger partial charge in [0.1, 0.15) is 0 Å². The number of nitrogens with zero attached hydrogens (tertiary/aromatic N) is 1. The second kappa shape index (κ2) is 7.08. The maximum Gasteiger partial charge on any atom is 0.00795 e. The molecular formula is C17H36N2. The topological polar surface area (TPSA) is 29.3 Å². The van der Waals surface area contributed by atoms with Crippen LogP contribution < -0.4 is 5.73 Å². The minimum absolute atomic E-state index is 0.416. The fraction of sp³-hybridized carbons (Fsp3) is 1.00. The number of hydrogen-bond donors (Lipinski definition) is 1. The van der Waals surface area contributed by atoms with Crippen molar-refractivity contribution in [3.05, 3.63) is 0 Å². The highest BCUT2D eigenvalue weighted by molar-refractivity contribution is 4.88. The van der Waals surface area contributed by atoms with Gasteiger partial charge >= 0.3 is 0 Å². The van der Waals surface area contributed by atoms with Crippen LogP contribution in [0.3, 0.4) is 0 Å². The van der Waals surface area contributed by atoms with Crippen molar-refractivity contribution in [1.29, 1.82) is 0 Å². The third-order valence-electron chi connectivity index (χ3n) is 4.83. The molecule has 0 aromatic rings. The molecule has 0 aromatic carbocycles. The highest BCUT2D eigenvalue weighted by atomic mass is 15.1. The van der Waals surface area contributed by atoms with Crippen LogP contribution in [-0.2, 0) is 0 Å². The second-order valence-corrected chi connectivity index (χ2v) is 8.05. The van der Waals surface area contributed by atoms with Gasteiger partial charge in [-0.3, -0.25) is 0 Å². The first kappa shape index (κ1) is 17.0. The Morgan fingerprint density at radius 2 is 1.84 bits per heavy atom. The van der Waals surface area contributed by atoms with Crippen LogP contribution in [0.1, 0.15) is 60.8 Å². The van der Waals surface area contributed by atoms with Gasteiger partial charge in [-0.15, -0.1) is 0 Å². The largest absolute Gasteiger partial charge is 0.327 e. The summed E-state index contributed by atoms with van der Waals surface area (Å²) in [5.41, 5.74) is 6.83. The van der Waals surface area contributed by atoms with Crippen molar-refractivity contribution in [3.63, 3.8) is 0 Å². The first-order chi connectivity index (χ1) is 8.74. The fourth-order valence-electron chi connectivity index (χ4n) is 3.46. The van der Waals surface area contributed by atoms with Crippen LogP contribution in [-0.4, -0.2) is 30.6 Å². The number of hydrogen-bond acceptors (Lipinski definition) is 2. The summed E-state index contributed by atoms with van der Waals surface area (Å²) in [5.74, 6) is 2.28. The Hall–Kier alpha value is -0.0800. The van der Waals surface area contributed by atoms with Gasteiger partial charge in [0, 0.05) is 19.1 Å². The molecule has 0 aromatic heterocycles. The van der Waals surface area contributed by atoms with E-state index in [1.165, 1.54) is 32.4 Å². The van der Waals surface area contributed by atoms with E-state index in [1.54, 1.807) is 0 Å². The molecule has 0 aliphatic heterocycles. The van der Waals surface area contributed by atoms with Gasteiger partial charge in [-0.2, -0.15) is 0 Å². The van der Waals surface area contributed by atoms with Crippen LogP contribution in [0.4, 0.5) is 0 Å². The molecule has 0 radical (unpaired) electrons. The molecule has 2 nitrogen and oxygen atoms in total. The summed E-state index contributed by atoms with van der Waals surface area (Å²) in [6.07, 6.45) is 3.85. The van der Waals surface area contributed by atoms with E-state index in [0.717, 1.165) is 18.4 Å². The van der Waals surface area contributed by atoms with Crippen molar-refractivity contribution in [3.8, 4) is 0 Å². The van der Waals surface area contributed by atoms with Gasteiger partial charge in [-0.1, -0.05) is 41.5 Å². The van der Waals surface area contributed by atoms with E-state index in [9.17, 15) is 0 Å². The van der Waals surface area contributed by atoms with Crippen molar-refractivity contribution in [2.45, 2.75) is 66.8 Å². The first-order valence-electron chi connectivity index (χ1n) is 8.22. The van der Waals surface area contributed by atoms with Crippen molar-refractivity contribution in [1.82, 2.24) is 4.90 Å². The van der Waals surface area contributed by atoms with E-state index in [0.29, 0.717) is 17.4 Å². The van der Waals surface area contributed by atoms with Crippen LogP contribution >= 0.6 is 0 Å². The van der Waals surface area contributed by atoms with E-state index in [2.05, 4.69) is 46.4 Å². The molecule has 3 unspecified atom stereocenters. The monoisotopic (exact) mass is 268 g/mol. The molecule has 19 heavy (non-hydrogen) atoms. The Labute approximate surface area is 121 Å². The molecule has 1 fully saturated rings. The molecule has 1 rings (SSSR count). The van der Waals surface area contributed by atoms with Gasteiger partial charge in [0.15, 0.2) is 0 Å². The van der Waals surface area contributed by atoms with Crippen LogP contribution in [0.15, 0.2) is 0 Å². The Morgan fingerprint density at radius 3 is 2.32 bits per heavy atom. The minimum Gasteiger partial charge on any atom is -0.327 e. The predicted octanol–water partition coefficient (Wildman–Crippen LogP) is 3.75. The Bertz CT molecular complexity index is 254. The van der Waals surface area contributed by atoms with Crippen molar-refractivity contribution in [2.75, 3.05) is 19.6 Å². The molecule has 2 N–H and O–H groups in total. The molecule has 1 aliphatic rings. The zero-order valence-electron chi connectivity index (χ0n) is 14.1. The normalized spacial score (nSPS) is 29.2. The van der Waals surface area contributed by atoms with Gasteiger partial charge in [0.2, 0.25) is 0 Å². The Kier molecular flexibility index (Phi) is 6.32. The molecule has 0 spiro atoms. The smallest absolute Gasteiger partial charge is 0.00795 e. The van der Waals surface area contributed by atoms with Gasteiger partial charge in [0.25, 0.3) is 0 Å². The molecule has 0 bridgehead atoms. The van der Waals surface area contributed by atoms with E-state index < -0.39 is 0 Å². The van der Waals surface area contributed by atoms with E-state index in [1.807, 2.05) is 0 Å². The summed E-state index contributed by atoms with van der Waals surface area (Å²) in [6, 6.07) is 0.416. The lowest BCUT2D eigenvalue weighted by molar-refractivity contribution is 0.0969. The summed E-state index contributed by atoms with van der Waals surface area (Å²) in [7, 11) is 0. The van der Waals surface area contributed by atoms with Crippen molar-refractivity contribution < 1.29 is 0 Å². The summed E-state index contributed by atoms with van der Waals surface area (Å²) in [4.78, 5) is 2.60. The third-order valence-corrected chi connectivity index (χ3v) is 4.83. The summed E-state index contributed by atoms with van der Waals surface area (Å²) >= 11 is 0. The lowest BCUT2D eigenvalue weighted by Crippen LogP contribution is -2.45. The molecule has 0 heterocycles. The number of rotatable bonds is 5. The van der Waals surface area contributed by atoms with E-state index >= 15 is 0 Å². The maximum atomic E-state index is 6.39. The quantitative estimate of drug-likeness (QED) is 0.823. The molecule has 0 amide bonds. The molecule has 114 valence electrons. The maximum absolute atomic E-state index is 6.39. The lowest BCUT2D eigenvalue weighted by Gasteiger charge is -2.42. The van der Waals surface area contributed by atoms with Crippen molar-refractivity contribution >= 4 is 0 Å². The van der Waals surface area contributed by atoms with Crippen LogP contribution in [0.2, 0.25) is 0 Å². The molecule has 2 heteroatoms. The highest BCUT2D eigenvalue weighted by Gasteiger charge is 2.34. The van der Waals surface area contributed by atoms with Gasteiger partial charge in [0.05, 0.1) is 0 Å². The van der Waals surface area contributed by atoms with E-state index in [4.69, 9.17) is 5.73 Å². The summed E-state index contributed by atoms with van der Waals surface area (Å²) < 4.78 is 0. The zero-order valence-corrected chi connectivity index (χ0v) is 14.1. The van der Waals surface area contributed by atoms with Gasteiger partial charge < -0.3 is 10.6 Å². The zero-order chi connectivity index (χ0) is 14.6. The van der Waals surface area contributed by atoms with Gasteiger partial charge in [-0.05, 0) is 49.0 Å². The average molecular weight is 268 g/mol. The highest BCUT2D eigenvalue weighted by Crippen LogP contribution is 2.40. The number of nitrogens with two attached hydrogens (primary N) is 1. The van der Waals surface area contributed by atoms with Crippen molar-refractivity contribution in [2.24, 2.45) is 28.9 Å². The molecule has 1 saturated carbocycles. The van der Waals surface area contributed by atoms with Gasteiger partial charge in [-0.25, -0.2) is 0 Å². The second-order valence-electron chi connectivity index (χ2n) is 8.05. The standard InChI is InChI=1S/C17H36N2/c1-7-19(11-13(2)3)12-14-10-15(17(4,5)6)8-9-16(14)18/h13-16H,7-12,18H2,1-6H3. The summed E-state index contributed by atoms with van der Waals surface area (Å²) in [5, 5.41) is 0. The average Bonchev–Trinajstić information content (AvgIpc) is 2.28. The van der Waals surface area contributed by atoms with E-state index in [-0.39, 0.29) is 0 Å².